The first kappa shape index (κ1) is 5.85. The van der Waals surface area contributed by atoms with Crippen molar-refractivity contribution in [1.29, 1.82) is 0 Å². The van der Waals surface area contributed by atoms with E-state index in [9.17, 15) is 4.79 Å². The van der Waals surface area contributed by atoms with Gasteiger partial charge in [0.15, 0.2) is 0 Å². The fraction of sp³-hybridized carbons (Fsp3) is 0.250. The molecular formula is C4H4ClNOS. The predicted molar refractivity (Wildman–Crippen MR) is 34.4 cm³/mol. The molecule has 1 aromatic rings. The number of hydrogen-bond acceptors (Lipinski definition) is 2. The summed E-state index contributed by atoms with van der Waals surface area (Å²) in [6.07, 6.45) is 1.67. The quantitative estimate of drug-likeness (QED) is 0.549. The summed E-state index contributed by atoms with van der Waals surface area (Å²) < 4.78 is 1.70. The van der Waals surface area contributed by atoms with Crippen molar-refractivity contribution in [3.63, 3.8) is 0 Å². The highest BCUT2D eigenvalue weighted by atomic mass is 35.5. The SMILES string of the molecule is O=c1ccn(CCl)s1. The molecule has 44 valence electrons. The molecule has 8 heavy (non-hydrogen) atoms. The Kier molecular flexibility index (Phi) is 1.70. The summed E-state index contributed by atoms with van der Waals surface area (Å²) in [5, 5.41) is 0. The van der Waals surface area contributed by atoms with E-state index in [2.05, 4.69) is 0 Å². The second kappa shape index (κ2) is 2.33. The lowest BCUT2D eigenvalue weighted by Gasteiger charge is -1.85. The maximum absolute atomic E-state index is 10.4. The molecule has 0 atom stereocenters. The first-order valence-corrected chi connectivity index (χ1v) is 3.36. The molecule has 0 saturated carbocycles. The maximum atomic E-state index is 10.4. The molecule has 0 aliphatic heterocycles. The van der Waals surface area contributed by atoms with Gasteiger partial charge in [0.1, 0.15) is 6.00 Å². The lowest BCUT2D eigenvalue weighted by atomic mass is 10.8. The number of aromatic nitrogens is 1. The molecule has 2 nitrogen and oxygen atoms in total. The first-order valence-electron chi connectivity index (χ1n) is 2.05. The Morgan fingerprint density at radius 2 is 2.62 bits per heavy atom. The third-order valence-corrected chi connectivity index (χ3v) is 1.90. The zero-order chi connectivity index (χ0) is 5.98. The molecule has 0 N–H and O–H groups in total. The van der Waals surface area contributed by atoms with E-state index in [4.69, 9.17) is 11.6 Å². The summed E-state index contributed by atoms with van der Waals surface area (Å²) in [4.78, 5) is 10.4. The van der Waals surface area contributed by atoms with Gasteiger partial charge in [0.25, 0.3) is 0 Å². The third kappa shape index (κ3) is 1.11. The van der Waals surface area contributed by atoms with E-state index in [0.717, 1.165) is 11.5 Å². The summed E-state index contributed by atoms with van der Waals surface area (Å²) in [5.41, 5.74) is 0. The van der Waals surface area contributed by atoms with Crippen LogP contribution < -0.4 is 4.74 Å². The number of nitrogens with zero attached hydrogens (tertiary/aromatic N) is 1. The van der Waals surface area contributed by atoms with Gasteiger partial charge in [-0.05, 0) is 11.5 Å². The molecule has 1 heterocycles. The smallest absolute Gasteiger partial charge is 0.249 e. The molecule has 0 radical (unpaired) electrons. The average Bonchev–Trinajstić information content (AvgIpc) is 2.14. The van der Waals surface area contributed by atoms with Gasteiger partial charge in [-0.25, -0.2) is 0 Å². The van der Waals surface area contributed by atoms with E-state index >= 15 is 0 Å². The molecule has 1 rings (SSSR count). The van der Waals surface area contributed by atoms with Crippen molar-refractivity contribution in [2.24, 2.45) is 0 Å². The maximum Gasteiger partial charge on any atom is 0.249 e. The molecule has 4 heteroatoms. The molecule has 0 unspecified atom stereocenters. The minimum Gasteiger partial charge on any atom is -0.287 e. The molecular weight excluding hydrogens is 146 g/mol. The Morgan fingerprint density at radius 1 is 1.88 bits per heavy atom. The van der Waals surface area contributed by atoms with Crippen LogP contribution in [0.1, 0.15) is 0 Å². The van der Waals surface area contributed by atoms with Crippen LogP contribution in [-0.4, -0.2) is 3.96 Å². The average molecular weight is 150 g/mol. The van der Waals surface area contributed by atoms with Crippen LogP contribution in [0.2, 0.25) is 0 Å². The molecule has 0 fully saturated rings. The van der Waals surface area contributed by atoms with E-state index in [1.54, 1.807) is 10.2 Å². The summed E-state index contributed by atoms with van der Waals surface area (Å²) in [5.74, 6) is 0. The van der Waals surface area contributed by atoms with Crippen molar-refractivity contribution in [3.05, 3.63) is 21.8 Å². The van der Waals surface area contributed by atoms with Crippen molar-refractivity contribution < 1.29 is 0 Å². The fourth-order valence-corrected chi connectivity index (χ4v) is 1.13. The zero-order valence-corrected chi connectivity index (χ0v) is 5.58. The number of alkyl halides is 1. The minimum atomic E-state index is 0.0469. The Hall–Kier alpha value is -0.280. The first-order chi connectivity index (χ1) is 3.83. The summed E-state index contributed by atoms with van der Waals surface area (Å²) in [7, 11) is 0. The van der Waals surface area contributed by atoms with E-state index in [1.807, 2.05) is 0 Å². The number of rotatable bonds is 1. The standard InChI is InChI=1S/C4H4ClNOS/c5-3-6-2-1-4(7)8-6/h1-2H,3H2. The Balaban J connectivity index is 3.01. The third-order valence-electron chi connectivity index (χ3n) is 0.702. The highest BCUT2D eigenvalue weighted by molar-refractivity contribution is 7.03. The van der Waals surface area contributed by atoms with Crippen LogP contribution in [0.25, 0.3) is 0 Å². The largest absolute Gasteiger partial charge is 0.287 e. The van der Waals surface area contributed by atoms with Gasteiger partial charge >= 0.3 is 0 Å². The molecule has 0 bridgehead atoms. The van der Waals surface area contributed by atoms with E-state index in [-0.39, 0.29) is 4.74 Å². The zero-order valence-electron chi connectivity index (χ0n) is 4.00. The van der Waals surface area contributed by atoms with Crippen molar-refractivity contribution in [1.82, 2.24) is 3.96 Å². The van der Waals surface area contributed by atoms with E-state index in [0.29, 0.717) is 6.00 Å². The predicted octanol–water partition coefficient (Wildman–Crippen LogP) is 1.11. The fourth-order valence-electron chi connectivity index (χ4n) is 0.385. The molecule has 0 aromatic carbocycles. The van der Waals surface area contributed by atoms with Crippen molar-refractivity contribution in [2.45, 2.75) is 6.00 Å². The second-order valence-electron chi connectivity index (χ2n) is 1.26. The Labute approximate surface area is 55.5 Å². The van der Waals surface area contributed by atoms with Gasteiger partial charge < -0.3 is 0 Å². The highest BCUT2D eigenvalue weighted by Crippen LogP contribution is 1.92. The highest BCUT2D eigenvalue weighted by Gasteiger charge is 1.86. The van der Waals surface area contributed by atoms with Crippen LogP contribution >= 0.6 is 23.1 Å². The van der Waals surface area contributed by atoms with Gasteiger partial charge in [-0.3, -0.25) is 8.75 Å². The van der Waals surface area contributed by atoms with Gasteiger partial charge in [-0.1, -0.05) is 0 Å². The molecule has 0 spiro atoms. The van der Waals surface area contributed by atoms with Crippen molar-refractivity contribution in [3.8, 4) is 0 Å². The van der Waals surface area contributed by atoms with E-state index in [1.165, 1.54) is 6.07 Å². The summed E-state index contributed by atoms with van der Waals surface area (Å²) in [6, 6.07) is 1.86. The Bertz CT molecular complexity index is 216. The van der Waals surface area contributed by atoms with Gasteiger partial charge in [-0.2, -0.15) is 0 Å². The van der Waals surface area contributed by atoms with Gasteiger partial charge in [0, 0.05) is 12.3 Å². The van der Waals surface area contributed by atoms with Crippen LogP contribution in [-0.2, 0) is 6.00 Å². The molecule has 1 aromatic heterocycles. The normalized spacial score (nSPS) is 9.62. The van der Waals surface area contributed by atoms with Gasteiger partial charge in [0.2, 0.25) is 4.74 Å². The second-order valence-corrected chi connectivity index (χ2v) is 2.56. The lowest BCUT2D eigenvalue weighted by molar-refractivity contribution is 0.991. The van der Waals surface area contributed by atoms with Gasteiger partial charge in [-0.15, -0.1) is 11.6 Å². The molecule has 0 saturated heterocycles. The van der Waals surface area contributed by atoms with Crippen LogP contribution in [0.3, 0.4) is 0 Å². The summed E-state index contributed by atoms with van der Waals surface area (Å²) >= 11 is 6.49. The van der Waals surface area contributed by atoms with E-state index < -0.39 is 0 Å². The topological polar surface area (TPSA) is 22.0 Å². The van der Waals surface area contributed by atoms with Crippen molar-refractivity contribution in [2.75, 3.05) is 0 Å². The van der Waals surface area contributed by atoms with Crippen LogP contribution in [0.4, 0.5) is 0 Å². The van der Waals surface area contributed by atoms with Crippen LogP contribution in [0.15, 0.2) is 17.1 Å². The lowest BCUT2D eigenvalue weighted by Crippen LogP contribution is -1.83. The van der Waals surface area contributed by atoms with Gasteiger partial charge in [0.05, 0.1) is 0 Å². The van der Waals surface area contributed by atoms with Crippen LogP contribution in [0.5, 0.6) is 0 Å². The monoisotopic (exact) mass is 149 g/mol. The Morgan fingerprint density at radius 3 is 2.88 bits per heavy atom. The van der Waals surface area contributed by atoms with Crippen molar-refractivity contribution >= 4 is 23.1 Å². The minimum absolute atomic E-state index is 0.0469. The number of halogens is 1. The molecule has 0 amide bonds. The summed E-state index contributed by atoms with van der Waals surface area (Å²) in [6.45, 7) is 0. The molecule has 0 aliphatic carbocycles. The molecule has 0 aliphatic rings. The van der Waals surface area contributed by atoms with Crippen LogP contribution in [0, 0.1) is 0 Å². The number of hydrogen-bond donors (Lipinski definition) is 0.